The third kappa shape index (κ3) is 4.90. The van der Waals surface area contributed by atoms with Crippen LogP contribution in [0.25, 0.3) is 5.70 Å². The van der Waals surface area contributed by atoms with Gasteiger partial charge in [0.05, 0.1) is 17.1 Å². The molecule has 0 aliphatic heterocycles. The number of benzene rings is 2. The lowest BCUT2D eigenvalue weighted by Crippen LogP contribution is -2.31. The molecule has 0 fully saturated rings. The van der Waals surface area contributed by atoms with E-state index in [1.54, 1.807) is 69.3 Å². The van der Waals surface area contributed by atoms with Gasteiger partial charge in [-0.05, 0) is 24.6 Å². The summed E-state index contributed by atoms with van der Waals surface area (Å²) in [6, 6.07) is 15.5. The van der Waals surface area contributed by atoms with Gasteiger partial charge in [0, 0.05) is 11.5 Å². The summed E-state index contributed by atoms with van der Waals surface area (Å²) in [5.74, 6) is 2.22. The van der Waals surface area contributed by atoms with Gasteiger partial charge >= 0.3 is 0 Å². The van der Waals surface area contributed by atoms with Gasteiger partial charge in [0.25, 0.3) is 10.0 Å². The minimum absolute atomic E-state index is 0.124. The van der Waals surface area contributed by atoms with Crippen LogP contribution in [0.15, 0.2) is 65.6 Å². The molecule has 0 saturated carbocycles. The molecular weight excluding hydrogens is 370 g/mol. The lowest BCUT2D eigenvalue weighted by Gasteiger charge is -2.26. The molecule has 28 heavy (non-hydrogen) atoms. The maximum absolute atomic E-state index is 13.4. The normalized spacial score (nSPS) is 12.3. The van der Waals surface area contributed by atoms with Crippen molar-refractivity contribution >= 4 is 21.5 Å². The number of carbonyl (C=O) groups excluding carboxylic acids is 1. The molecule has 0 amide bonds. The van der Waals surface area contributed by atoms with Crippen LogP contribution < -0.4 is 0 Å². The van der Waals surface area contributed by atoms with Crippen LogP contribution in [0.4, 0.5) is 0 Å². The Morgan fingerprint density at radius 1 is 1.07 bits per heavy atom. The van der Waals surface area contributed by atoms with E-state index in [-0.39, 0.29) is 22.9 Å². The Morgan fingerprint density at radius 3 is 2.14 bits per heavy atom. The van der Waals surface area contributed by atoms with Crippen molar-refractivity contribution in [3.63, 3.8) is 0 Å². The molecule has 0 atom stereocenters. The lowest BCUT2D eigenvalue weighted by atomic mass is 9.90. The highest BCUT2D eigenvalue weighted by atomic mass is 32.2. The molecule has 0 N–H and O–H groups in total. The van der Waals surface area contributed by atoms with Crippen molar-refractivity contribution in [1.29, 1.82) is 0 Å². The Balaban J connectivity index is 2.69. The van der Waals surface area contributed by atoms with Crippen LogP contribution in [-0.2, 0) is 14.8 Å². The minimum atomic E-state index is -3.95. The Bertz CT molecular complexity index is 1010. The number of aryl methyl sites for hydroxylation is 1. The summed E-state index contributed by atoms with van der Waals surface area (Å²) < 4.78 is 27.8. The maximum atomic E-state index is 13.4. The largest absolute Gasteiger partial charge is 0.294 e. The molecule has 4 nitrogen and oxygen atoms in total. The molecule has 2 aromatic carbocycles. The first-order valence-electron chi connectivity index (χ1n) is 8.92. The molecule has 0 bridgehead atoms. The molecule has 0 unspecified atom stereocenters. The van der Waals surface area contributed by atoms with Crippen molar-refractivity contribution in [1.82, 2.24) is 4.31 Å². The van der Waals surface area contributed by atoms with Crippen LogP contribution in [0.1, 0.15) is 31.9 Å². The number of nitrogens with zero attached hydrogens (tertiary/aromatic N) is 1. The van der Waals surface area contributed by atoms with E-state index in [2.05, 4.69) is 5.92 Å². The highest BCUT2D eigenvalue weighted by molar-refractivity contribution is 7.89. The minimum Gasteiger partial charge on any atom is -0.294 e. The Morgan fingerprint density at radius 2 is 1.64 bits per heavy atom. The van der Waals surface area contributed by atoms with Gasteiger partial charge in [-0.1, -0.05) is 74.7 Å². The first kappa shape index (κ1) is 21.5. The van der Waals surface area contributed by atoms with Gasteiger partial charge in [-0.3, -0.25) is 9.10 Å². The highest BCUT2D eigenvalue weighted by Crippen LogP contribution is 2.29. The average Bonchev–Trinajstić information content (AvgIpc) is 2.64. The summed E-state index contributed by atoms with van der Waals surface area (Å²) in [5.41, 5.74) is 1.16. The highest BCUT2D eigenvalue weighted by Gasteiger charge is 2.29. The van der Waals surface area contributed by atoms with Gasteiger partial charge < -0.3 is 0 Å². The molecular formula is C23H25NO3S. The number of sulfonamides is 1. The van der Waals surface area contributed by atoms with E-state index in [1.165, 1.54) is 6.08 Å². The van der Waals surface area contributed by atoms with Gasteiger partial charge in [-0.2, -0.15) is 0 Å². The predicted octanol–water partition coefficient (Wildman–Crippen LogP) is 4.28. The number of carbonyl (C=O) groups is 1. The smallest absolute Gasteiger partial charge is 0.265 e. The van der Waals surface area contributed by atoms with Gasteiger partial charge in [0.15, 0.2) is 5.78 Å². The Labute approximate surface area is 167 Å². The second kappa shape index (κ2) is 8.45. The molecule has 0 radical (unpaired) electrons. The number of hydrogen-bond donors (Lipinski definition) is 0. The molecule has 0 aromatic heterocycles. The van der Waals surface area contributed by atoms with Crippen LogP contribution in [-0.4, -0.2) is 25.1 Å². The summed E-state index contributed by atoms with van der Waals surface area (Å²) in [6.07, 6.45) is 6.87. The number of hydrogen-bond acceptors (Lipinski definition) is 3. The summed E-state index contributed by atoms with van der Waals surface area (Å²) in [6.45, 7) is 7.05. The predicted molar refractivity (Wildman–Crippen MR) is 113 cm³/mol. The summed E-state index contributed by atoms with van der Waals surface area (Å²) >= 11 is 0. The number of terminal acetylenes is 1. The quantitative estimate of drug-likeness (QED) is 0.542. The first-order chi connectivity index (χ1) is 13.1. The van der Waals surface area contributed by atoms with Crippen molar-refractivity contribution in [2.75, 3.05) is 6.54 Å². The lowest BCUT2D eigenvalue weighted by molar-refractivity contribution is -0.121. The SMILES string of the molecule is C#CCN(/C(=C/C(=O)C(C)(C)C)c1ccccc1)S(=O)(=O)c1ccc(C)cc1. The van der Waals surface area contributed by atoms with Crippen LogP contribution >= 0.6 is 0 Å². The number of ketones is 1. The van der Waals surface area contributed by atoms with Crippen molar-refractivity contribution < 1.29 is 13.2 Å². The summed E-state index contributed by atoms with van der Waals surface area (Å²) in [4.78, 5) is 12.8. The van der Waals surface area contributed by atoms with Crippen LogP contribution in [0.3, 0.4) is 0 Å². The summed E-state index contributed by atoms with van der Waals surface area (Å²) in [5, 5.41) is 0. The van der Waals surface area contributed by atoms with Crippen molar-refractivity contribution in [2.24, 2.45) is 5.41 Å². The second-order valence-electron chi connectivity index (χ2n) is 7.54. The van der Waals surface area contributed by atoms with Crippen molar-refractivity contribution in [3.05, 3.63) is 71.8 Å². The molecule has 5 heteroatoms. The monoisotopic (exact) mass is 395 g/mol. The van der Waals surface area contributed by atoms with Crippen molar-refractivity contribution in [2.45, 2.75) is 32.6 Å². The zero-order valence-corrected chi connectivity index (χ0v) is 17.5. The van der Waals surface area contributed by atoms with E-state index in [0.29, 0.717) is 5.56 Å². The van der Waals surface area contributed by atoms with Crippen LogP contribution in [0.2, 0.25) is 0 Å². The van der Waals surface area contributed by atoms with Gasteiger partial charge in [0.1, 0.15) is 0 Å². The molecule has 0 aliphatic carbocycles. The van der Waals surface area contributed by atoms with E-state index in [9.17, 15) is 13.2 Å². The average molecular weight is 396 g/mol. The Hall–Kier alpha value is -2.84. The first-order valence-corrected chi connectivity index (χ1v) is 10.4. The molecule has 0 heterocycles. The molecule has 0 spiro atoms. The van der Waals surface area contributed by atoms with Gasteiger partial charge in [-0.15, -0.1) is 6.42 Å². The molecule has 2 rings (SSSR count). The third-order valence-corrected chi connectivity index (χ3v) is 5.96. The fourth-order valence-corrected chi connectivity index (χ4v) is 3.86. The molecule has 146 valence electrons. The number of rotatable bonds is 6. The standard InChI is InChI=1S/C23H25NO3S/c1-6-16-24(28(26,27)20-14-12-18(2)13-15-20)21(17-22(25)23(3,4)5)19-10-8-7-9-11-19/h1,7-15,17H,16H2,2-5H3/b21-17+. The van der Waals surface area contributed by atoms with E-state index in [0.717, 1.165) is 9.87 Å². The maximum Gasteiger partial charge on any atom is 0.265 e. The fraction of sp³-hybridized carbons (Fsp3) is 0.261. The zero-order valence-electron chi connectivity index (χ0n) is 16.6. The van der Waals surface area contributed by atoms with Gasteiger partial charge in [-0.25, -0.2) is 8.42 Å². The molecule has 0 aliphatic rings. The van der Waals surface area contributed by atoms with Gasteiger partial charge in [0.2, 0.25) is 0 Å². The van der Waals surface area contributed by atoms with Crippen molar-refractivity contribution in [3.8, 4) is 12.3 Å². The molecule has 0 saturated heterocycles. The van der Waals surface area contributed by atoms with Crippen LogP contribution in [0, 0.1) is 24.7 Å². The van der Waals surface area contributed by atoms with E-state index in [4.69, 9.17) is 6.42 Å². The second-order valence-corrected chi connectivity index (χ2v) is 9.40. The van der Waals surface area contributed by atoms with E-state index >= 15 is 0 Å². The van der Waals surface area contributed by atoms with E-state index < -0.39 is 15.4 Å². The molecule has 2 aromatic rings. The topological polar surface area (TPSA) is 54.5 Å². The third-order valence-electron chi connectivity index (χ3n) is 4.19. The number of allylic oxidation sites excluding steroid dienone is 1. The fourth-order valence-electron chi connectivity index (χ4n) is 2.47. The Kier molecular flexibility index (Phi) is 6.48. The zero-order chi connectivity index (χ0) is 20.9. The van der Waals surface area contributed by atoms with Crippen LogP contribution in [0.5, 0.6) is 0 Å². The summed E-state index contributed by atoms with van der Waals surface area (Å²) in [7, 11) is -3.95. The van der Waals surface area contributed by atoms with E-state index in [1.807, 2.05) is 13.0 Å².